The van der Waals surface area contributed by atoms with Crippen LogP contribution in [0.25, 0.3) is 0 Å². The molecule has 0 fully saturated rings. The Balaban J connectivity index is 4.13. The standard InChI is InChI=1S/C56H115N2O6P/c1-6-8-10-12-14-16-18-20-22-24-26-28-30-31-33-35-37-39-41-43-45-47-49-55(59)54(53-64-65(61,62)63-52-51-58(3,4)5)57-56(60)50-48-46-44-42-40-38-36-34-32-29-27-25-23-21-19-17-15-13-11-9-7-2/h54-55,59H,6-53H2,1-5H3,(H-,57,60,61,62). The van der Waals surface area contributed by atoms with E-state index in [9.17, 15) is 19.4 Å². The van der Waals surface area contributed by atoms with Crippen molar-refractivity contribution in [1.82, 2.24) is 5.32 Å². The number of hydrogen-bond donors (Lipinski definition) is 2. The van der Waals surface area contributed by atoms with Crippen molar-refractivity contribution in [2.24, 2.45) is 0 Å². The predicted octanol–water partition coefficient (Wildman–Crippen LogP) is 16.6. The van der Waals surface area contributed by atoms with Crippen LogP contribution in [0, 0.1) is 0 Å². The van der Waals surface area contributed by atoms with Gasteiger partial charge in [-0.2, -0.15) is 0 Å². The molecule has 65 heavy (non-hydrogen) atoms. The number of phosphoric ester groups is 1. The number of rotatable bonds is 54. The average Bonchev–Trinajstić information content (AvgIpc) is 3.26. The third kappa shape index (κ3) is 51.2. The molecule has 0 aromatic heterocycles. The molecule has 3 atom stereocenters. The zero-order chi connectivity index (χ0) is 47.8. The van der Waals surface area contributed by atoms with Crippen LogP contribution < -0.4 is 10.2 Å². The summed E-state index contributed by atoms with van der Waals surface area (Å²) in [6.45, 7) is 4.78. The maximum atomic E-state index is 13.0. The number of carbonyl (C=O) groups excluding carboxylic acids is 1. The van der Waals surface area contributed by atoms with Gasteiger partial charge in [-0.3, -0.25) is 9.36 Å². The van der Waals surface area contributed by atoms with E-state index >= 15 is 0 Å². The third-order valence-electron chi connectivity index (χ3n) is 13.6. The van der Waals surface area contributed by atoms with Crippen molar-refractivity contribution >= 4 is 13.7 Å². The van der Waals surface area contributed by atoms with Crippen molar-refractivity contribution in [2.45, 2.75) is 315 Å². The molecule has 1 amide bonds. The Morgan fingerprint density at radius 2 is 0.754 bits per heavy atom. The monoisotopic (exact) mass is 943 g/mol. The Morgan fingerprint density at radius 1 is 0.477 bits per heavy atom. The van der Waals surface area contributed by atoms with Gasteiger partial charge in [0, 0.05) is 6.42 Å². The minimum Gasteiger partial charge on any atom is -0.756 e. The van der Waals surface area contributed by atoms with Gasteiger partial charge in [-0.25, -0.2) is 0 Å². The topological polar surface area (TPSA) is 108 Å². The van der Waals surface area contributed by atoms with Crippen LogP contribution in [0.5, 0.6) is 0 Å². The molecule has 0 aliphatic heterocycles. The van der Waals surface area contributed by atoms with E-state index in [1.165, 1.54) is 238 Å². The zero-order valence-electron chi connectivity index (χ0n) is 44.5. The largest absolute Gasteiger partial charge is 0.756 e. The lowest BCUT2D eigenvalue weighted by molar-refractivity contribution is -0.870. The molecule has 0 rings (SSSR count). The Bertz CT molecular complexity index is 1030. The van der Waals surface area contributed by atoms with Crippen LogP contribution in [0.2, 0.25) is 0 Å². The number of quaternary nitrogens is 1. The van der Waals surface area contributed by atoms with Gasteiger partial charge in [0.05, 0.1) is 39.9 Å². The van der Waals surface area contributed by atoms with Gasteiger partial charge in [0.25, 0.3) is 7.82 Å². The molecule has 9 heteroatoms. The minimum absolute atomic E-state index is 0.0167. The molecule has 2 N–H and O–H groups in total. The lowest BCUT2D eigenvalue weighted by Gasteiger charge is -2.30. The summed E-state index contributed by atoms with van der Waals surface area (Å²) in [5, 5.41) is 14.0. The van der Waals surface area contributed by atoms with E-state index in [2.05, 4.69) is 19.2 Å². The third-order valence-corrected chi connectivity index (χ3v) is 14.6. The van der Waals surface area contributed by atoms with Crippen molar-refractivity contribution in [2.75, 3.05) is 40.9 Å². The molecule has 8 nitrogen and oxygen atoms in total. The predicted molar refractivity (Wildman–Crippen MR) is 279 cm³/mol. The van der Waals surface area contributed by atoms with Crippen LogP contribution >= 0.6 is 7.82 Å². The SMILES string of the molecule is CCCCCCCCCCCCCCCCCCCCCCCCC(O)C(COP(=O)([O-])OCC[N+](C)(C)C)NC(=O)CCCCCCCCCCCCCCCCCCCCCCC. The lowest BCUT2D eigenvalue weighted by atomic mass is 10.0. The molecule has 390 valence electrons. The van der Waals surface area contributed by atoms with Crippen molar-refractivity contribution < 1.29 is 32.9 Å². The number of unbranched alkanes of at least 4 members (excludes halogenated alkanes) is 41. The summed E-state index contributed by atoms with van der Waals surface area (Å²) in [7, 11) is 1.33. The lowest BCUT2D eigenvalue weighted by Crippen LogP contribution is -2.46. The number of carbonyl (C=O) groups is 1. The van der Waals surface area contributed by atoms with E-state index in [0.29, 0.717) is 23.9 Å². The van der Waals surface area contributed by atoms with Crippen LogP contribution in [0.3, 0.4) is 0 Å². The number of likely N-dealkylation sites (N-methyl/N-ethyl adjacent to an activating group) is 1. The second kappa shape index (κ2) is 48.5. The fourth-order valence-electron chi connectivity index (χ4n) is 9.04. The van der Waals surface area contributed by atoms with E-state index in [1.807, 2.05) is 21.1 Å². The van der Waals surface area contributed by atoms with Gasteiger partial charge >= 0.3 is 0 Å². The smallest absolute Gasteiger partial charge is 0.268 e. The minimum atomic E-state index is -4.57. The van der Waals surface area contributed by atoms with Crippen molar-refractivity contribution in [3.63, 3.8) is 0 Å². The first kappa shape index (κ1) is 64.5. The van der Waals surface area contributed by atoms with Crippen molar-refractivity contribution in [3.05, 3.63) is 0 Å². The Labute approximate surface area is 406 Å². The summed E-state index contributed by atoms with van der Waals surface area (Å²) >= 11 is 0. The van der Waals surface area contributed by atoms with Crippen LogP contribution in [-0.2, 0) is 18.4 Å². The van der Waals surface area contributed by atoms with Crippen molar-refractivity contribution in [3.8, 4) is 0 Å². The highest BCUT2D eigenvalue weighted by Crippen LogP contribution is 2.38. The maximum absolute atomic E-state index is 13.0. The normalized spacial score (nSPS) is 13.9. The summed E-state index contributed by atoms with van der Waals surface area (Å²) in [4.78, 5) is 25.5. The first-order valence-electron chi connectivity index (χ1n) is 28.9. The second-order valence-corrected chi connectivity index (χ2v) is 22.8. The Hall–Kier alpha value is -0.500. The van der Waals surface area contributed by atoms with Gasteiger partial charge < -0.3 is 28.8 Å². The molecular formula is C56H115N2O6P. The number of phosphoric acid groups is 1. The second-order valence-electron chi connectivity index (χ2n) is 21.4. The molecule has 0 saturated carbocycles. The molecule has 0 bridgehead atoms. The fourth-order valence-corrected chi connectivity index (χ4v) is 9.77. The highest BCUT2D eigenvalue weighted by molar-refractivity contribution is 7.45. The first-order chi connectivity index (χ1) is 31.5. The van der Waals surface area contributed by atoms with E-state index in [0.717, 1.165) is 38.5 Å². The van der Waals surface area contributed by atoms with E-state index in [1.54, 1.807) is 0 Å². The van der Waals surface area contributed by atoms with Gasteiger partial charge in [-0.05, 0) is 12.8 Å². The molecule has 0 saturated heterocycles. The van der Waals surface area contributed by atoms with Gasteiger partial charge in [-0.1, -0.05) is 284 Å². The highest BCUT2D eigenvalue weighted by Gasteiger charge is 2.24. The number of aliphatic hydroxyl groups is 1. The molecule has 0 aliphatic carbocycles. The maximum Gasteiger partial charge on any atom is 0.268 e. The van der Waals surface area contributed by atoms with Crippen LogP contribution in [0.1, 0.15) is 303 Å². The highest BCUT2D eigenvalue weighted by atomic mass is 31.2. The molecular weight excluding hydrogens is 828 g/mol. The van der Waals surface area contributed by atoms with Crippen LogP contribution in [0.4, 0.5) is 0 Å². The van der Waals surface area contributed by atoms with Gasteiger partial charge in [0.15, 0.2) is 0 Å². The zero-order valence-corrected chi connectivity index (χ0v) is 45.4. The summed E-state index contributed by atoms with van der Waals surface area (Å²) in [5.74, 6) is -0.156. The first-order valence-corrected chi connectivity index (χ1v) is 30.3. The number of aliphatic hydroxyl groups excluding tert-OH is 1. The average molecular weight is 944 g/mol. The van der Waals surface area contributed by atoms with Gasteiger partial charge in [-0.15, -0.1) is 0 Å². The van der Waals surface area contributed by atoms with Crippen LogP contribution in [0.15, 0.2) is 0 Å². The summed E-state index contributed by atoms with van der Waals surface area (Å²) in [5.41, 5.74) is 0. The molecule has 0 radical (unpaired) electrons. The van der Waals surface area contributed by atoms with E-state index in [4.69, 9.17) is 9.05 Å². The molecule has 0 aromatic carbocycles. The number of amides is 1. The summed E-state index contributed by atoms with van der Waals surface area (Å²) in [6.07, 6.45) is 57.0. The van der Waals surface area contributed by atoms with Gasteiger partial charge in [0.2, 0.25) is 5.91 Å². The van der Waals surface area contributed by atoms with Crippen LogP contribution in [-0.4, -0.2) is 68.5 Å². The summed E-state index contributed by atoms with van der Waals surface area (Å²) in [6, 6.07) is -0.795. The van der Waals surface area contributed by atoms with E-state index in [-0.39, 0.29) is 19.1 Å². The molecule has 0 aliphatic rings. The Morgan fingerprint density at radius 3 is 1.05 bits per heavy atom. The quantitative estimate of drug-likeness (QED) is 0.0357. The molecule has 0 heterocycles. The van der Waals surface area contributed by atoms with E-state index < -0.39 is 20.0 Å². The molecule has 0 spiro atoms. The molecule has 0 aromatic rings. The molecule has 3 unspecified atom stereocenters. The Kier molecular flexibility index (Phi) is 48.1. The number of nitrogens with zero attached hydrogens (tertiary/aromatic N) is 1. The number of hydrogen-bond acceptors (Lipinski definition) is 6. The summed E-state index contributed by atoms with van der Waals surface area (Å²) < 4.78 is 23.4. The number of nitrogens with one attached hydrogen (secondary N) is 1. The fraction of sp³-hybridized carbons (Fsp3) is 0.982. The van der Waals surface area contributed by atoms with Crippen molar-refractivity contribution in [1.29, 1.82) is 0 Å². The van der Waals surface area contributed by atoms with Gasteiger partial charge in [0.1, 0.15) is 13.2 Å².